The normalized spacial score (nSPS) is 17.5. The quantitative estimate of drug-likeness (QED) is 0.423. The highest BCUT2D eigenvalue weighted by Crippen LogP contribution is 2.39. The molecule has 0 bridgehead atoms. The number of para-hydroxylation sites is 2. The second-order valence-corrected chi connectivity index (χ2v) is 11.9. The zero-order valence-corrected chi connectivity index (χ0v) is 22.5. The van der Waals surface area contributed by atoms with Crippen LogP contribution in [0.1, 0.15) is 101 Å². The maximum absolute atomic E-state index is 5.32. The lowest BCUT2D eigenvalue weighted by atomic mass is 9.93. The summed E-state index contributed by atoms with van der Waals surface area (Å²) in [5.74, 6) is 3.89. The fraction of sp³-hybridized carbons (Fsp3) is 0.500. The Morgan fingerprint density at radius 3 is 1.06 bits per heavy atom. The standard InChI is InChI=1S/C28H38N2S2/c1-17(2)21-11-9-12-22(18(3)4)25(21)29-27-28(32-16-15-31-27)30-26-23(19(5)6)13-10-14-24(26)20(7)8/h9-14,17-20H,15-16H2,1-8H3. The molecule has 4 heteroatoms. The highest BCUT2D eigenvalue weighted by Gasteiger charge is 2.22. The van der Waals surface area contributed by atoms with Gasteiger partial charge in [-0.2, -0.15) is 0 Å². The van der Waals surface area contributed by atoms with E-state index in [4.69, 9.17) is 9.98 Å². The Hall–Kier alpha value is -1.52. The average molecular weight is 467 g/mol. The van der Waals surface area contributed by atoms with Gasteiger partial charge in [-0.1, -0.05) is 91.8 Å². The van der Waals surface area contributed by atoms with Crippen LogP contribution in [0, 0.1) is 0 Å². The molecule has 172 valence electrons. The summed E-state index contributed by atoms with van der Waals surface area (Å²) in [7, 11) is 0. The molecule has 1 fully saturated rings. The monoisotopic (exact) mass is 466 g/mol. The number of rotatable bonds is 6. The molecule has 0 aliphatic carbocycles. The summed E-state index contributed by atoms with van der Waals surface area (Å²) in [4.78, 5) is 10.6. The lowest BCUT2D eigenvalue weighted by Crippen LogP contribution is -2.15. The first-order valence-electron chi connectivity index (χ1n) is 11.9. The van der Waals surface area contributed by atoms with Crippen LogP contribution in [0.25, 0.3) is 0 Å². The lowest BCUT2D eigenvalue weighted by Gasteiger charge is -2.21. The third kappa shape index (κ3) is 5.69. The van der Waals surface area contributed by atoms with Crippen molar-refractivity contribution in [1.29, 1.82) is 0 Å². The van der Waals surface area contributed by atoms with E-state index in [9.17, 15) is 0 Å². The van der Waals surface area contributed by atoms with E-state index in [0.29, 0.717) is 23.7 Å². The van der Waals surface area contributed by atoms with Crippen LogP contribution in [0.15, 0.2) is 46.4 Å². The van der Waals surface area contributed by atoms with Gasteiger partial charge in [0.05, 0.1) is 11.4 Å². The maximum Gasteiger partial charge on any atom is 0.129 e. The molecule has 1 aliphatic rings. The third-order valence-electron chi connectivity index (χ3n) is 5.86. The fourth-order valence-corrected chi connectivity index (χ4v) is 6.10. The Kier molecular flexibility index (Phi) is 8.68. The van der Waals surface area contributed by atoms with Crippen molar-refractivity contribution in [3.8, 4) is 0 Å². The van der Waals surface area contributed by atoms with Gasteiger partial charge in [-0.15, -0.1) is 23.5 Å². The zero-order valence-electron chi connectivity index (χ0n) is 20.9. The summed E-state index contributed by atoms with van der Waals surface area (Å²) < 4.78 is 0. The van der Waals surface area contributed by atoms with Crippen molar-refractivity contribution in [2.75, 3.05) is 11.5 Å². The summed E-state index contributed by atoms with van der Waals surface area (Å²) in [6.07, 6.45) is 0. The molecule has 1 saturated heterocycles. The first kappa shape index (κ1) is 25.1. The molecule has 0 aromatic heterocycles. The van der Waals surface area contributed by atoms with Crippen molar-refractivity contribution < 1.29 is 0 Å². The van der Waals surface area contributed by atoms with Crippen LogP contribution in [-0.4, -0.2) is 21.6 Å². The molecule has 0 unspecified atom stereocenters. The van der Waals surface area contributed by atoms with Gasteiger partial charge in [-0.3, -0.25) is 0 Å². The first-order valence-corrected chi connectivity index (χ1v) is 13.9. The van der Waals surface area contributed by atoms with Gasteiger partial charge in [0.1, 0.15) is 10.1 Å². The molecular formula is C28H38N2S2. The lowest BCUT2D eigenvalue weighted by molar-refractivity contribution is 0.834. The Morgan fingerprint density at radius 2 is 0.812 bits per heavy atom. The number of hydrogen-bond donors (Lipinski definition) is 0. The van der Waals surface area contributed by atoms with Crippen LogP contribution < -0.4 is 0 Å². The van der Waals surface area contributed by atoms with Crippen LogP contribution in [0.3, 0.4) is 0 Å². The van der Waals surface area contributed by atoms with Gasteiger partial charge >= 0.3 is 0 Å². The smallest absolute Gasteiger partial charge is 0.129 e. The molecule has 2 aromatic rings. The SMILES string of the molecule is CC(C)c1cccc(C(C)C)c1N=C1SCCSC1=Nc1c(C(C)C)cccc1C(C)C. The molecule has 2 aromatic carbocycles. The van der Waals surface area contributed by atoms with Gasteiger partial charge in [0.2, 0.25) is 0 Å². The van der Waals surface area contributed by atoms with Gasteiger partial charge < -0.3 is 0 Å². The molecule has 0 radical (unpaired) electrons. The number of hydrogen-bond acceptors (Lipinski definition) is 4. The number of nitrogens with zero attached hydrogens (tertiary/aromatic N) is 2. The Balaban J connectivity index is 2.20. The van der Waals surface area contributed by atoms with E-state index in [1.165, 1.54) is 22.3 Å². The van der Waals surface area contributed by atoms with Gasteiger partial charge in [0, 0.05) is 11.5 Å². The van der Waals surface area contributed by atoms with Gasteiger partial charge in [-0.05, 0) is 45.9 Å². The zero-order chi connectivity index (χ0) is 23.4. The van der Waals surface area contributed by atoms with E-state index >= 15 is 0 Å². The van der Waals surface area contributed by atoms with E-state index in [1.54, 1.807) is 0 Å². The van der Waals surface area contributed by atoms with Crippen LogP contribution in [0.4, 0.5) is 11.4 Å². The van der Waals surface area contributed by atoms with Crippen molar-refractivity contribution in [3.63, 3.8) is 0 Å². The van der Waals surface area contributed by atoms with Gasteiger partial charge in [0.15, 0.2) is 0 Å². The average Bonchev–Trinajstić information content (AvgIpc) is 2.74. The Morgan fingerprint density at radius 1 is 0.531 bits per heavy atom. The molecule has 0 atom stereocenters. The number of thioether (sulfide) groups is 2. The molecule has 32 heavy (non-hydrogen) atoms. The van der Waals surface area contributed by atoms with Crippen LogP contribution in [-0.2, 0) is 0 Å². The summed E-state index contributed by atoms with van der Waals surface area (Å²) >= 11 is 3.71. The van der Waals surface area contributed by atoms with Crippen LogP contribution in [0.5, 0.6) is 0 Å². The summed E-state index contributed by atoms with van der Waals surface area (Å²) in [5.41, 5.74) is 7.59. The van der Waals surface area contributed by atoms with E-state index in [-0.39, 0.29) is 0 Å². The van der Waals surface area contributed by atoms with Crippen molar-refractivity contribution in [2.24, 2.45) is 9.98 Å². The van der Waals surface area contributed by atoms with Crippen molar-refractivity contribution in [3.05, 3.63) is 58.7 Å². The molecule has 0 N–H and O–H groups in total. The van der Waals surface area contributed by atoms with E-state index in [1.807, 2.05) is 23.5 Å². The molecule has 0 amide bonds. The van der Waals surface area contributed by atoms with E-state index in [2.05, 4.69) is 91.8 Å². The maximum atomic E-state index is 5.32. The number of aliphatic imine (C=N–C) groups is 2. The molecule has 2 nitrogen and oxygen atoms in total. The predicted molar refractivity (Wildman–Crippen MR) is 148 cm³/mol. The number of benzene rings is 2. The second-order valence-electron chi connectivity index (χ2n) is 9.72. The predicted octanol–water partition coefficient (Wildman–Crippen LogP) is 9.42. The van der Waals surface area contributed by atoms with Crippen LogP contribution >= 0.6 is 23.5 Å². The third-order valence-corrected chi connectivity index (χ3v) is 8.18. The fourth-order valence-electron chi connectivity index (χ4n) is 4.05. The first-order chi connectivity index (χ1) is 15.2. The van der Waals surface area contributed by atoms with Crippen molar-refractivity contribution >= 4 is 45.0 Å². The summed E-state index contributed by atoms with van der Waals surface area (Å²) in [6, 6.07) is 13.3. The minimum Gasteiger partial charge on any atom is -0.239 e. The van der Waals surface area contributed by atoms with Crippen LogP contribution in [0.2, 0.25) is 0 Å². The Labute approximate surface area is 203 Å². The summed E-state index contributed by atoms with van der Waals surface area (Å²) in [5, 5.41) is 2.15. The van der Waals surface area contributed by atoms with E-state index < -0.39 is 0 Å². The van der Waals surface area contributed by atoms with E-state index in [0.717, 1.165) is 33.0 Å². The molecular weight excluding hydrogens is 428 g/mol. The second kappa shape index (κ2) is 11.1. The van der Waals surface area contributed by atoms with Gasteiger partial charge in [-0.25, -0.2) is 9.98 Å². The topological polar surface area (TPSA) is 24.7 Å². The summed E-state index contributed by atoms with van der Waals surface area (Å²) in [6.45, 7) is 18.1. The highest BCUT2D eigenvalue weighted by atomic mass is 32.2. The molecule has 3 rings (SSSR count). The molecule has 0 spiro atoms. The molecule has 1 aliphatic heterocycles. The largest absolute Gasteiger partial charge is 0.239 e. The minimum atomic E-state index is 0.434. The minimum absolute atomic E-state index is 0.434. The van der Waals surface area contributed by atoms with Crippen molar-refractivity contribution in [1.82, 2.24) is 0 Å². The van der Waals surface area contributed by atoms with Gasteiger partial charge in [0.25, 0.3) is 0 Å². The Bertz CT molecular complexity index is 866. The highest BCUT2D eigenvalue weighted by molar-refractivity contribution is 8.27. The van der Waals surface area contributed by atoms with Crippen molar-refractivity contribution in [2.45, 2.75) is 79.1 Å². The molecule has 0 saturated carbocycles. The molecule has 1 heterocycles.